The van der Waals surface area contributed by atoms with E-state index < -0.39 is 0 Å². The molecular formula is C37H41N7O. The molecule has 6 rings (SSSR count). The number of aryl methyl sites for hydroxylation is 3. The molecule has 1 aliphatic heterocycles. The summed E-state index contributed by atoms with van der Waals surface area (Å²) in [7, 11) is 0. The zero-order chi connectivity index (χ0) is 31.3. The molecule has 1 fully saturated rings. The van der Waals surface area contributed by atoms with Crippen LogP contribution in [0.25, 0.3) is 5.65 Å². The standard InChI is InChI=1S/C37H41N7O/c1-5-41-16-18-42(19-17-41)25-32-12-10-29(20-28(32)4)21-36(45)31-11-9-27(3)30(22-31)13-14-34-24-38-37-35(8-7-15-44(34)37)40-33-23-39-43(6-2)26-33/h7-12,15,20,22-24,26,40H,5-6,16-19,21,25H2,1-4H3. The van der Waals surface area contributed by atoms with Crippen molar-refractivity contribution in [1.29, 1.82) is 0 Å². The Hall–Kier alpha value is -4.71. The zero-order valence-electron chi connectivity index (χ0n) is 26.7. The van der Waals surface area contributed by atoms with Gasteiger partial charge in [-0.25, -0.2) is 4.98 Å². The van der Waals surface area contributed by atoms with Crippen LogP contribution in [-0.4, -0.2) is 67.5 Å². The molecule has 0 spiro atoms. The van der Waals surface area contributed by atoms with Crippen molar-refractivity contribution >= 4 is 22.8 Å². The fraction of sp³-hybridized carbons (Fsp3) is 0.324. The number of piperazine rings is 1. The van der Waals surface area contributed by atoms with E-state index >= 15 is 0 Å². The number of hydrogen-bond acceptors (Lipinski definition) is 6. The summed E-state index contributed by atoms with van der Waals surface area (Å²) in [4.78, 5) is 23.0. The summed E-state index contributed by atoms with van der Waals surface area (Å²) in [5, 5.41) is 7.75. The van der Waals surface area contributed by atoms with Crippen molar-refractivity contribution in [3.63, 3.8) is 0 Å². The lowest BCUT2D eigenvalue weighted by molar-refractivity contribution is 0.0993. The van der Waals surface area contributed by atoms with E-state index in [-0.39, 0.29) is 5.78 Å². The number of anilines is 2. The highest BCUT2D eigenvalue weighted by Gasteiger charge is 2.17. The monoisotopic (exact) mass is 599 g/mol. The Bertz CT molecular complexity index is 1880. The van der Waals surface area contributed by atoms with Crippen LogP contribution >= 0.6 is 0 Å². The summed E-state index contributed by atoms with van der Waals surface area (Å²) in [6.45, 7) is 15.8. The molecule has 1 saturated heterocycles. The van der Waals surface area contributed by atoms with Crippen LogP contribution < -0.4 is 5.32 Å². The summed E-state index contributed by atoms with van der Waals surface area (Å²) < 4.78 is 3.85. The summed E-state index contributed by atoms with van der Waals surface area (Å²) in [5.74, 6) is 6.69. The third-order valence-corrected chi connectivity index (χ3v) is 8.73. The number of hydrogen-bond donors (Lipinski definition) is 1. The maximum Gasteiger partial charge on any atom is 0.167 e. The Balaban J connectivity index is 1.14. The number of Topliss-reactive ketones (excluding diaryl/α,β-unsaturated/α-hetero) is 1. The Morgan fingerprint density at radius 3 is 2.49 bits per heavy atom. The van der Waals surface area contributed by atoms with Crippen LogP contribution in [0.3, 0.4) is 0 Å². The topological polar surface area (TPSA) is 70.7 Å². The molecule has 5 aromatic rings. The Morgan fingerprint density at radius 2 is 1.73 bits per heavy atom. The van der Waals surface area contributed by atoms with Crippen molar-refractivity contribution in [3.8, 4) is 11.8 Å². The van der Waals surface area contributed by atoms with Crippen molar-refractivity contribution in [2.75, 3.05) is 38.0 Å². The number of benzene rings is 2. The van der Waals surface area contributed by atoms with Crippen LogP contribution in [0.5, 0.6) is 0 Å². The summed E-state index contributed by atoms with van der Waals surface area (Å²) >= 11 is 0. The van der Waals surface area contributed by atoms with Gasteiger partial charge < -0.3 is 10.2 Å². The molecule has 0 aliphatic carbocycles. The van der Waals surface area contributed by atoms with Crippen molar-refractivity contribution in [2.45, 2.75) is 47.2 Å². The number of carbonyl (C=O) groups excluding carboxylic acids is 1. The number of nitrogens with one attached hydrogen (secondary N) is 1. The molecule has 3 aromatic heterocycles. The number of imidazole rings is 1. The number of fused-ring (bicyclic) bond motifs is 1. The predicted octanol–water partition coefficient (Wildman–Crippen LogP) is 5.87. The number of pyridine rings is 1. The van der Waals surface area contributed by atoms with E-state index in [1.54, 1.807) is 12.4 Å². The molecule has 45 heavy (non-hydrogen) atoms. The number of rotatable bonds is 9. The molecule has 230 valence electrons. The molecule has 2 aromatic carbocycles. The van der Waals surface area contributed by atoms with Gasteiger partial charge in [0.05, 0.1) is 23.8 Å². The fourth-order valence-electron chi connectivity index (χ4n) is 5.86. The molecule has 1 aliphatic rings. The lowest BCUT2D eigenvalue weighted by atomic mass is 9.96. The first-order chi connectivity index (χ1) is 21.9. The van der Waals surface area contributed by atoms with Gasteiger partial charge in [0.25, 0.3) is 0 Å². The van der Waals surface area contributed by atoms with Gasteiger partial charge in [0, 0.05) is 69.2 Å². The highest BCUT2D eigenvalue weighted by Crippen LogP contribution is 2.22. The van der Waals surface area contributed by atoms with Crippen molar-refractivity contribution in [3.05, 3.63) is 112 Å². The SMILES string of the molecule is CCN1CCN(Cc2ccc(CC(=O)c3ccc(C)c(C#Cc4cnc5c(Nc6cnn(CC)c6)cccn45)c3)cc2C)CC1. The number of carbonyl (C=O) groups is 1. The Morgan fingerprint density at radius 1 is 0.911 bits per heavy atom. The maximum absolute atomic E-state index is 13.4. The fourth-order valence-corrected chi connectivity index (χ4v) is 5.86. The Labute approximate surface area is 265 Å². The third-order valence-electron chi connectivity index (χ3n) is 8.73. The normalized spacial score (nSPS) is 14.0. The second-order valence-corrected chi connectivity index (χ2v) is 11.8. The second kappa shape index (κ2) is 13.5. The third kappa shape index (κ3) is 7.01. The number of aromatic nitrogens is 4. The van der Waals surface area contributed by atoms with Crippen LogP contribution in [0.1, 0.15) is 57.7 Å². The molecule has 4 heterocycles. The predicted molar refractivity (Wildman–Crippen MR) is 180 cm³/mol. The van der Waals surface area contributed by atoms with E-state index in [1.165, 1.54) is 11.1 Å². The van der Waals surface area contributed by atoms with Crippen LogP contribution in [-0.2, 0) is 19.5 Å². The van der Waals surface area contributed by atoms with E-state index in [2.05, 4.69) is 76.0 Å². The van der Waals surface area contributed by atoms with Gasteiger partial charge >= 0.3 is 0 Å². The van der Waals surface area contributed by atoms with E-state index in [0.717, 1.165) is 85.2 Å². The van der Waals surface area contributed by atoms with Crippen LogP contribution in [0.4, 0.5) is 11.4 Å². The van der Waals surface area contributed by atoms with Gasteiger partial charge in [-0.15, -0.1) is 0 Å². The average molecular weight is 600 g/mol. The van der Waals surface area contributed by atoms with Gasteiger partial charge in [0.2, 0.25) is 0 Å². The summed E-state index contributed by atoms with van der Waals surface area (Å²) in [6, 6.07) is 16.3. The Kier molecular flexibility index (Phi) is 9.11. The number of likely N-dealkylation sites (N-methyl/N-ethyl adjacent to an activating group) is 1. The first kappa shape index (κ1) is 30.3. The minimum Gasteiger partial charge on any atom is -0.350 e. The van der Waals surface area contributed by atoms with Gasteiger partial charge in [-0.1, -0.05) is 43.2 Å². The minimum atomic E-state index is 0.0952. The largest absolute Gasteiger partial charge is 0.350 e. The molecule has 0 radical (unpaired) electrons. The average Bonchev–Trinajstić information content (AvgIpc) is 3.69. The zero-order valence-corrected chi connectivity index (χ0v) is 26.7. The number of nitrogens with zero attached hydrogens (tertiary/aromatic N) is 6. The summed E-state index contributed by atoms with van der Waals surface area (Å²) in [6.07, 6.45) is 7.88. The molecule has 0 atom stereocenters. The van der Waals surface area contributed by atoms with Gasteiger partial charge in [-0.2, -0.15) is 5.10 Å². The molecule has 0 bridgehead atoms. The molecule has 0 saturated carbocycles. The molecule has 8 heteroatoms. The van der Waals surface area contributed by atoms with E-state index in [0.29, 0.717) is 12.0 Å². The van der Waals surface area contributed by atoms with Gasteiger partial charge in [0.1, 0.15) is 5.69 Å². The van der Waals surface area contributed by atoms with E-state index in [1.807, 2.05) is 58.7 Å². The summed E-state index contributed by atoms with van der Waals surface area (Å²) in [5.41, 5.74) is 9.52. The maximum atomic E-state index is 13.4. The smallest absolute Gasteiger partial charge is 0.167 e. The van der Waals surface area contributed by atoms with Crippen molar-refractivity contribution in [2.24, 2.45) is 0 Å². The van der Waals surface area contributed by atoms with E-state index in [4.69, 9.17) is 0 Å². The quantitative estimate of drug-likeness (QED) is 0.169. The highest BCUT2D eigenvalue weighted by atomic mass is 16.1. The highest BCUT2D eigenvalue weighted by molar-refractivity contribution is 5.98. The first-order valence-corrected chi connectivity index (χ1v) is 15.8. The lowest BCUT2D eigenvalue weighted by Gasteiger charge is -2.34. The van der Waals surface area contributed by atoms with Crippen LogP contribution in [0.15, 0.2) is 73.3 Å². The van der Waals surface area contributed by atoms with Crippen molar-refractivity contribution < 1.29 is 4.79 Å². The molecule has 1 N–H and O–H groups in total. The number of ketones is 1. The van der Waals surface area contributed by atoms with E-state index in [9.17, 15) is 4.79 Å². The second-order valence-electron chi connectivity index (χ2n) is 11.8. The van der Waals surface area contributed by atoms with Crippen LogP contribution in [0, 0.1) is 25.7 Å². The van der Waals surface area contributed by atoms with Gasteiger partial charge in [-0.3, -0.25) is 18.8 Å². The van der Waals surface area contributed by atoms with Gasteiger partial charge in [0.15, 0.2) is 11.4 Å². The minimum absolute atomic E-state index is 0.0952. The first-order valence-electron chi connectivity index (χ1n) is 15.8. The molecule has 0 amide bonds. The molecular weight excluding hydrogens is 558 g/mol. The molecule has 8 nitrogen and oxygen atoms in total. The van der Waals surface area contributed by atoms with Gasteiger partial charge in [-0.05, 0) is 73.7 Å². The van der Waals surface area contributed by atoms with Crippen LogP contribution in [0.2, 0.25) is 0 Å². The van der Waals surface area contributed by atoms with Crippen molar-refractivity contribution in [1.82, 2.24) is 29.0 Å². The molecule has 0 unspecified atom stereocenters. The lowest BCUT2D eigenvalue weighted by Crippen LogP contribution is -2.45.